The number of ether oxygens (including phenoxy) is 1. The Hall–Kier alpha value is -1.95. The summed E-state index contributed by atoms with van der Waals surface area (Å²) in [6.45, 7) is 0. The van der Waals surface area contributed by atoms with Crippen molar-refractivity contribution in [2.75, 3.05) is 25.2 Å². The van der Waals surface area contributed by atoms with E-state index in [1.807, 2.05) is 30.3 Å². The predicted octanol–water partition coefficient (Wildman–Crippen LogP) is 2.26. The SMILES string of the molecule is CNc1cc(Sc2cccc(OC)c2)nc(N)n1. The standard InChI is InChI=1S/C12H14N4OS/c1-14-10-7-11(16-12(13)15-10)18-9-5-3-4-8(6-9)17-2/h3-7H,1-2H3,(H3,13,14,15,16). The molecular formula is C12H14N4OS. The van der Waals surface area contributed by atoms with E-state index in [-0.39, 0.29) is 5.95 Å². The second-order valence-corrected chi connectivity index (χ2v) is 4.57. The maximum Gasteiger partial charge on any atom is 0.223 e. The molecular weight excluding hydrogens is 248 g/mol. The van der Waals surface area contributed by atoms with Gasteiger partial charge in [-0.15, -0.1) is 0 Å². The van der Waals surface area contributed by atoms with Crippen LogP contribution in [-0.2, 0) is 0 Å². The topological polar surface area (TPSA) is 73.1 Å². The number of benzene rings is 1. The van der Waals surface area contributed by atoms with Gasteiger partial charge in [-0.1, -0.05) is 17.8 Å². The molecule has 1 aromatic carbocycles. The average molecular weight is 262 g/mol. The zero-order valence-corrected chi connectivity index (χ0v) is 11.0. The zero-order chi connectivity index (χ0) is 13.0. The van der Waals surface area contributed by atoms with E-state index in [0.717, 1.165) is 15.7 Å². The number of hydrogen-bond acceptors (Lipinski definition) is 6. The van der Waals surface area contributed by atoms with Crippen molar-refractivity contribution in [1.82, 2.24) is 9.97 Å². The second kappa shape index (κ2) is 5.59. The van der Waals surface area contributed by atoms with Crippen LogP contribution in [-0.4, -0.2) is 24.1 Å². The van der Waals surface area contributed by atoms with E-state index < -0.39 is 0 Å². The van der Waals surface area contributed by atoms with E-state index in [2.05, 4.69) is 15.3 Å². The van der Waals surface area contributed by atoms with Crippen LogP contribution >= 0.6 is 11.8 Å². The molecule has 0 aliphatic carbocycles. The monoisotopic (exact) mass is 262 g/mol. The smallest absolute Gasteiger partial charge is 0.223 e. The Bertz CT molecular complexity index is 547. The van der Waals surface area contributed by atoms with Crippen LogP contribution in [0.1, 0.15) is 0 Å². The van der Waals surface area contributed by atoms with Gasteiger partial charge in [-0.25, -0.2) is 4.98 Å². The lowest BCUT2D eigenvalue weighted by atomic mass is 10.3. The van der Waals surface area contributed by atoms with Crippen LogP contribution in [0.4, 0.5) is 11.8 Å². The van der Waals surface area contributed by atoms with Crippen LogP contribution in [0.15, 0.2) is 40.3 Å². The summed E-state index contributed by atoms with van der Waals surface area (Å²) in [5, 5.41) is 3.74. The van der Waals surface area contributed by atoms with Gasteiger partial charge in [-0.3, -0.25) is 0 Å². The molecule has 0 unspecified atom stereocenters. The third-order valence-electron chi connectivity index (χ3n) is 2.24. The molecule has 2 aromatic rings. The highest BCUT2D eigenvalue weighted by Gasteiger charge is 2.04. The lowest BCUT2D eigenvalue weighted by Gasteiger charge is -2.06. The van der Waals surface area contributed by atoms with Gasteiger partial charge in [0.05, 0.1) is 7.11 Å². The summed E-state index contributed by atoms with van der Waals surface area (Å²) in [4.78, 5) is 9.26. The highest BCUT2D eigenvalue weighted by atomic mass is 32.2. The van der Waals surface area contributed by atoms with Crippen LogP contribution in [0.5, 0.6) is 5.75 Å². The maximum absolute atomic E-state index is 5.64. The molecule has 18 heavy (non-hydrogen) atoms. The van der Waals surface area contributed by atoms with Crippen LogP contribution in [0.3, 0.4) is 0 Å². The van der Waals surface area contributed by atoms with Crippen LogP contribution in [0, 0.1) is 0 Å². The first-order valence-electron chi connectivity index (χ1n) is 5.35. The highest BCUT2D eigenvalue weighted by molar-refractivity contribution is 7.99. The Morgan fingerprint density at radius 3 is 2.83 bits per heavy atom. The zero-order valence-electron chi connectivity index (χ0n) is 10.2. The molecule has 0 aliphatic heterocycles. The Kier molecular flexibility index (Phi) is 3.88. The molecule has 0 fully saturated rings. The van der Waals surface area contributed by atoms with Gasteiger partial charge >= 0.3 is 0 Å². The number of nitrogens with two attached hydrogens (primary N) is 1. The molecule has 0 radical (unpaired) electrons. The quantitative estimate of drug-likeness (QED) is 0.823. The van der Waals surface area contributed by atoms with Crippen molar-refractivity contribution in [2.24, 2.45) is 0 Å². The first-order valence-corrected chi connectivity index (χ1v) is 6.17. The summed E-state index contributed by atoms with van der Waals surface area (Å²) >= 11 is 1.51. The van der Waals surface area contributed by atoms with Gasteiger partial charge in [-0.05, 0) is 18.2 Å². The number of aromatic nitrogens is 2. The Morgan fingerprint density at radius 1 is 1.28 bits per heavy atom. The second-order valence-electron chi connectivity index (χ2n) is 3.48. The van der Waals surface area contributed by atoms with Crippen LogP contribution in [0.2, 0.25) is 0 Å². The first-order chi connectivity index (χ1) is 8.71. The molecule has 5 nitrogen and oxygen atoms in total. The third-order valence-corrected chi connectivity index (χ3v) is 3.15. The highest BCUT2D eigenvalue weighted by Crippen LogP contribution is 2.29. The van der Waals surface area contributed by atoms with Crippen molar-refractivity contribution < 1.29 is 4.74 Å². The van der Waals surface area contributed by atoms with Crippen molar-refractivity contribution >= 4 is 23.5 Å². The summed E-state index contributed by atoms with van der Waals surface area (Å²) in [6, 6.07) is 9.62. The third kappa shape index (κ3) is 3.04. The van der Waals surface area contributed by atoms with E-state index >= 15 is 0 Å². The number of nitrogens with zero attached hydrogens (tertiary/aromatic N) is 2. The summed E-state index contributed by atoms with van der Waals surface area (Å²) in [7, 11) is 3.44. The number of rotatable bonds is 4. The molecule has 0 spiro atoms. The molecule has 6 heteroatoms. The first kappa shape index (κ1) is 12.5. The molecule has 0 saturated carbocycles. The van der Waals surface area contributed by atoms with Crippen LogP contribution < -0.4 is 15.8 Å². The maximum atomic E-state index is 5.64. The van der Waals surface area contributed by atoms with Crippen molar-refractivity contribution in [1.29, 1.82) is 0 Å². The number of methoxy groups -OCH3 is 1. The van der Waals surface area contributed by atoms with Gasteiger partial charge in [0, 0.05) is 18.0 Å². The molecule has 0 saturated heterocycles. The van der Waals surface area contributed by atoms with Crippen LogP contribution in [0.25, 0.3) is 0 Å². The molecule has 1 aromatic heterocycles. The van der Waals surface area contributed by atoms with E-state index in [1.165, 1.54) is 11.8 Å². The minimum absolute atomic E-state index is 0.257. The lowest BCUT2D eigenvalue weighted by Crippen LogP contribution is -2.00. The largest absolute Gasteiger partial charge is 0.497 e. The van der Waals surface area contributed by atoms with Gasteiger partial charge in [-0.2, -0.15) is 4.98 Å². The van der Waals surface area contributed by atoms with Crippen molar-refractivity contribution in [3.63, 3.8) is 0 Å². The molecule has 0 aliphatic rings. The minimum Gasteiger partial charge on any atom is -0.497 e. The van der Waals surface area contributed by atoms with E-state index in [1.54, 1.807) is 14.2 Å². The number of hydrogen-bond donors (Lipinski definition) is 2. The van der Waals surface area contributed by atoms with Crippen molar-refractivity contribution in [2.45, 2.75) is 9.92 Å². The molecule has 1 heterocycles. The average Bonchev–Trinajstić information content (AvgIpc) is 2.38. The van der Waals surface area contributed by atoms with Crippen molar-refractivity contribution in [3.8, 4) is 5.75 Å². The molecule has 0 bridgehead atoms. The minimum atomic E-state index is 0.257. The summed E-state index contributed by atoms with van der Waals surface area (Å²) in [6.07, 6.45) is 0. The molecule has 0 atom stereocenters. The molecule has 3 N–H and O–H groups in total. The number of nitrogens with one attached hydrogen (secondary N) is 1. The molecule has 94 valence electrons. The van der Waals surface area contributed by atoms with Gasteiger partial charge in [0.15, 0.2) is 0 Å². The summed E-state index contributed by atoms with van der Waals surface area (Å²) in [5.74, 6) is 1.77. The van der Waals surface area contributed by atoms with E-state index in [4.69, 9.17) is 10.5 Å². The summed E-state index contributed by atoms with van der Waals surface area (Å²) in [5.41, 5.74) is 5.64. The molecule has 2 rings (SSSR count). The van der Waals surface area contributed by atoms with E-state index in [9.17, 15) is 0 Å². The predicted molar refractivity (Wildman–Crippen MR) is 73.1 cm³/mol. The van der Waals surface area contributed by atoms with Crippen molar-refractivity contribution in [3.05, 3.63) is 30.3 Å². The fraction of sp³-hybridized carbons (Fsp3) is 0.167. The lowest BCUT2D eigenvalue weighted by molar-refractivity contribution is 0.413. The van der Waals surface area contributed by atoms with Gasteiger partial charge in [0.25, 0.3) is 0 Å². The molecule has 0 amide bonds. The Morgan fingerprint density at radius 2 is 2.11 bits per heavy atom. The fourth-order valence-corrected chi connectivity index (χ4v) is 2.28. The van der Waals surface area contributed by atoms with Gasteiger partial charge in [0.2, 0.25) is 5.95 Å². The summed E-state index contributed by atoms with van der Waals surface area (Å²) < 4.78 is 5.18. The number of nitrogen functional groups attached to an aromatic ring is 1. The van der Waals surface area contributed by atoms with E-state index in [0.29, 0.717) is 5.82 Å². The normalized spacial score (nSPS) is 10.1. The van der Waals surface area contributed by atoms with Gasteiger partial charge < -0.3 is 15.8 Å². The fourth-order valence-electron chi connectivity index (χ4n) is 1.41. The van der Waals surface area contributed by atoms with Gasteiger partial charge in [0.1, 0.15) is 16.6 Å². The number of anilines is 2. The Labute approximate surface area is 110 Å². The Balaban J connectivity index is 2.24.